The zero-order valence-electron chi connectivity index (χ0n) is 13.4. The smallest absolute Gasteiger partial charge is 0.348 e. The van der Waals surface area contributed by atoms with Crippen LogP contribution >= 0.6 is 11.3 Å². The molecule has 0 unspecified atom stereocenters. The predicted molar refractivity (Wildman–Crippen MR) is 88.3 cm³/mol. The van der Waals surface area contributed by atoms with Crippen molar-refractivity contribution in [2.75, 3.05) is 13.2 Å². The quantitative estimate of drug-likeness (QED) is 0.645. The number of fused-ring (bicyclic) bond motifs is 1. The number of thiophene rings is 1. The molecule has 0 bridgehead atoms. The highest BCUT2D eigenvalue weighted by molar-refractivity contribution is 7.14. The van der Waals surface area contributed by atoms with Crippen LogP contribution in [0.4, 0.5) is 0 Å². The van der Waals surface area contributed by atoms with Gasteiger partial charge in [0.1, 0.15) is 4.88 Å². The molecule has 0 saturated carbocycles. The Morgan fingerprint density at radius 3 is 2.82 bits per heavy atom. The molecule has 0 saturated heterocycles. The molecular formula is C17H25NO3S. The molecule has 1 aliphatic rings. The van der Waals surface area contributed by atoms with Gasteiger partial charge in [-0.15, -0.1) is 11.3 Å². The number of esters is 1. The second-order valence-corrected chi connectivity index (χ2v) is 7.37. The van der Waals surface area contributed by atoms with E-state index < -0.39 is 0 Å². The zero-order chi connectivity index (χ0) is 15.9. The van der Waals surface area contributed by atoms with Crippen molar-refractivity contribution in [1.29, 1.82) is 0 Å². The molecule has 1 aromatic rings. The lowest BCUT2D eigenvalue weighted by molar-refractivity contribution is -0.124. The number of hydrogen-bond donors (Lipinski definition) is 1. The Kier molecular flexibility index (Phi) is 6.43. The second-order valence-electron chi connectivity index (χ2n) is 6.23. The van der Waals surface area contributed by atoms with Gasteiger partial charge in [-0.1, -0.05) is 20.3 Å². The molecule has 0 fully saturated rings. The highest BCUT2D eigenvalue weighted by atomic mass is 32.1. The third-order valence-electron chi connectivity index (χ3n) is 3.83. The number of hydrogen-bond acceptors (Lipinski definition) is 4. The number of ether oxygens (including phenoxy) is 1. The lowest BCUT2D eigenvalue weighted by Gasteiger charge is -2.07. The van der Waals surface area contributed by atoms with Gasteiger partial charge in [-0.3, -0.25) is 4.79 Å². The Bertz CT molecular complexity index is 498. The standard InChI is InChI=1S/C17H25NO3S/c1-12(2)8-9-18-16(19)11-21-17(20)15-10-13-6-4-3-5-7-14(13)22-15/h10,12H,3-9,11H2,1-2H3,(H,18,19). The maximum absolute atomic E-state index is 12.0. The highest BCUT2D eigenvalue weighted by Gasteiger charge is 2.18. The molecule has 1 amide bonds. The molecule has 5 heteroatoms. The van der Waals surface area contributed by atoms with Crippen LogP contribution in [-0.2, 0) is 22.4 Å². The summed E-state index contributed by atoms with van der Waals surface area (Å²) < 4.78 is 5.12. The molecule has 1 heterocycles. The highest BCUT2D eigenvalue weighted by Crippen LogP contribution is 2.29. The molecule has 1 aromatic heterocycles. The third-order valence-corrected chi connectivity index (χ3v) is 5.04. The van der Waals surface area contributed by atoms with E-state index in [0.717, 1.165) is 19.3 Å². The largest absolute Gasteiger partial charge is 0.451 e. The first kappa shape index (κ1) is 17.0. The minimum absolute atomic E-state index is 0.195. The lowest BCUT2D eigenvalue weighted by atomic mass is 10.1. The Hall–Kier alpha value is -1.36. The molecule has 1 N–H and O–H groups in total. The molecular weight excluding hydrogens is 298 g/mol. The Labute approximate surface area is 136 Å². The van der Waals surface area contributed by atoms with E-state index in [1.165, 1.54) is 41.0 Å². The summed E-state index contributed by atoms with van der Waals surface area (Å²) in [6.07, 6.45) is 6.68. The maximum atomic E-state index is 12.0. The zero-order valence-corrected chi connectivity index (χ0v) is 14.3. The van der Waals surface area contributed by atoms with Gasteiger partial charge in [-0.2, -0.15) is 0 Å². The normalized spacial score (nSPS) is 14.3. The van der Waals surface area contributed by atoms with E-state index in [0.29, 0.717) is 17.3 Å². The number of amides is 1. The number of carbonyl (C=O) groups is 2. The van der Waals surface area contributed by atoms with Gasteiger partial charge in [0.15, 0.2) is 6.61 Å². The van der Waals surface area contributed by atoms with Crippen LogP contribution in [0.15, 0.2) is 6.07 Å². The molecule has 4 nitrogen and oxygen atoms in total. The summed E-state index contributed by atoms with van der Waals surface area (Å²) in [5.41, 5.74) is 1.29. The van der Waals surface area contributed by atoms with Crippen LogP contribution in [0.25, 0.3) is 0 Å². The van der Waals surface area contributed by atoms with Gasteiger partial charge < -0.3 is 10.1 Å². The van der Waals surface area contributed by atoms with E-state index in [2.05, 4.69) is 19.2 Å². The summed E-state index contributed by atoms with van der Waals surface area (Å²) in [5.74, 6) is -0.0615. The van der Waals surface area contributed by atoms with E-state index in [-0.39, 0.29) is 18.5 Å². The lowest BCUT2D eigenvalue weighted by Crippen LogP contribution is -2.30. The SMILES string of the molecule is CC(C)CCNC(=O)COC(=O)c1cc2c(s1)CCCCC2. The van der Waals surface area contributed by atoms with Crippen molar-refractivity contribution in [3.8, 4) is 0 Å². The van der Waals surface area contributed by atoms with Crippen molar-refractivity contribution >= 4 is 23.2 Å². The Morgan fingerprint density at radius 2 is 2.05 bits per heavy atom. The number of carbonyl (C=O) groups excluding carboxylic acids is 2. The van der Waals surface area contributed by atoms with Crippen LogP contribution in [0.5, 0.6) is 0 Å². The fraction of sp³-hybridized carbons (Fsp3) is 0.647. The van der Waals surface area contributed by atoms with Crippen molar-refractivity contribution in [2.45, 2.75) is 52.4 Å². The summed E-state index contributed by atoms with van der Waals surface area (Å²) in [7, 11) is 0. The van der Waals surface area contributed by atoms with Crippen molar-refractivity contribution in [1.82, 2.24) is 5.32 Å². The van der Waals surface area contributed by atoms with E-state index in [9.17, 15) is 9.59 Å². The van der Waals surface area contributed by atoms with Crippen LogP contribution in [-0.4, -0.2) is 25.0 Å². The van der Waals surface area contributed by atoms with Gasteiger partial charge >= 0.3 is 5.97 Å². The summed E-state index contributed by atoms with van der Waals surface area (Å²) in [6.45, 7) is 4.64. The first-order valence-corrected chi connectivity index (χ1v) is 8.93. The molecule has 22 heavy (non-hydrogen) atoms. The Balaban J connectivity index is 1.79. The molecule has 0 radical (unpaired) electrons. The first-order chi connectivity index (χ1) is 10.6. The summed E-state index contributed by atoms with van der Waals surface area (Å²) in [4.78, 5) is 25.6. The monoisotopic (exact) mass is 323 g/mol. The maximum Gasteiger partial charge on any atom is 0.348 e. The fourth-order valence-electron chi connectivity index (χ4n) is 2.52. The molecule has 122 valence electrons. The minimum atomic E-state index is -0.378. The number of rotatable bonds is 6. The molecule has 2 rings (SSSR count). The van der Waals surface area contributed by atoms with Gasteiger partial charge in [0.25, 0.3) is 5.91 Å². The summed E-state index contributed by atoms with van der Waals surface area (Å²) >= 11 is 1.52. The van der Waals surface area contributed by atoms with E-state index in [1.54, 1.807) is 0 Å². The van der Waals surface area contributed by atoms with Gasteiger partial charge in [0, 0.05) is 11.4 Å². The third kappa shape index (κ3) is 5.13. The number of aryl methyl sites for hydroxylation is 2. The Morgan fingerprint density at radius 1 is 1.27 bits per heavy atom. The predicted octanol–water partition coefficient (Wildman–Crippen LogP) is 3.34. The van der Waals surface area contributed by atoms with Crippen LogP contribution in [0.3, 0.4) is 0 Å². The topological polar surface area (TPSA) is 55.4 Å². The fourth-order valence-corrected chi connectivity index (χ4v) is 3.67. The summed E-state index contributed by atoms with van der Waals surface area (Å²) in [6, 6.07) is 1.95. The van der Waals surface area contributed by atoms with Gasteiger partial charge in [-0.25, -0.2) is 4.79 Å². The van der Waals surface area contributed by atoms with Crippen LogP contribution in [0.2, 0.25) is 0 Å². The summed E-state index contributed by atoms with van der Waals surface area (Å²) in [5, 5.41) is 2.77. The molecule has 0 aliphatic heterocycles. The molecule has 1 aliphatic carbocycles. The minimum Gasteiger partial charge on any atom is -0.451 e. The van der Waals surface area contributed by atoms with Crippen molar-refractivity contribution in [3.63, 3.8) is 0 Å². The van der Waals surface area contributed by atoms with Crippen LogP contribution in [0.1, 0.15) is 59.6 Å². The van der Waals surface area contributed by atoms with Crippen molar-refractivity contribution in [3.05, 3.63) is 21.4 Å². The molecule has 0 spiro atoms. The van der Waals surface area contributed by atoms with Gasteiger partial charge in [0.05, 0.1) is 0 Å². The van der Waals surface area contributed by atoms with Gasteiger partial charge in [0.2, 0.25) is 0 Å². The average molecular weight is 323 g/mol. The van der Waals surface area contributed by atoms with Crippen LogP contribution in [0, 0.1) is 5.92 Å². The number of nitrogens with one attached hydrogen (secondary N) is 1. The van der Waals surface area contributed by atoms with Crippen molar-refractivity contribution < 1.29 is 14.3 Å². The van der Waals surface area contributed by atoms with E-state index in [1.807, 2.05) is 6.07 Å². The first-order valence-electron chi connectivity index (χ1n) is 8.11. The van der Waals surface area contributed by atoms with E-state index in [4.69, 9.17) is 4.74 Å². The molecule has 0 aromatic carbocycles. The average Bonchev–Trinajstić information content (AvgIpc) is 2.75. The van der Waals surface area contributed by atoms with Gasteiger partial charge in [-0.05, 0) is 49.7 Å². The van der Waals surface area contributed by atoms with Crippen molar-refractivity contribution in [2.24, 2.45) is 5.92 Å². The van der Waals surface area contributed by atoms with Crippen LogP contribution < -0.4 is 5.32 Å². The second kappa shape index (κ2) is 8.32. The molecule has 0 atom stereocenters. The van der Waals surface area contributed by atoms with E-state index >= 15 is 0 Å².